The second kappa shape index (κ2) is 5.07. The molecule has 0 fully saturated rings. The summed E-state index contributed by atoms with van der Waals surface area (Å²) in [4.78, 5) is 21.3. The number of amides is 1. The van der Waals surface area contributed by atoms with Crippen LogP contribution in [0, 0.1) is 0 Å². The van der Waals surface area contributed by atoms with Crippen molar-refractivity contribution in [3.63, 3.8) is 0 Å². The number of carbonyl (C=O) groups excluding carboxylic acids is 1. The highest BCUT2D eigenvalue weighted by Crippen LogP contribution is 2.08. The Labute approximate surface area is 94.3 Å². The van der Waals surface area contributed by atoms with Crippen molar-refractivity contribution in [3.05, 3.63) is 23.2 Å². The Kier molecular flexibility index (Phi) is 4.03. The van der Waals surface area contributed by atoms with E-state index in [0.717, 1.165) is 6.42 Å². The van der Waals surface area contributed by atoms with Crippen LogP contribution in [-0.2, 0) is 0 Å². The van der Waals surface area contributed by atoms with Crippen LogP contribution in [0.4, 0.5) is 0 Å². The minimum absolute atomic E-state index is 0.153. The normalized spacial score (nSPS) is 12.3. The van der Waals surface area contributed by atoms with Crippen molar-refractivity contribution in [3.8, 4) is 0 Å². The first kappa shape index (κ1) is 11.9. The number of carbonyl (C=O) groups is 1. The van der Waals surface area contributed by atoms with Crippen LogP contribution < -0.4 is 0 Å². The third-order valence-corrected chi connectivity index (χ3v) is 2.58. The molecule has 1 amide bonds. The van der Waals surface area contributed by atoms with E-state index in [4.69, 9.17) is 11.6 Å². The van der Waals surface area contributed by atoms with Crippen LogP contribution in [0.1, 0.15) is 30.8 Å². The van der Waals surface area contributed by atoms with E-state index in [1.807, 2.05) is 13.8 Å². The first-order valence-electron chi connectivity index (χ1n) is 4.81. The monoisotopic (exact) mass is 227 g/mol. The Morgan fingerprint density at radius 2 is 2.27 bits per heavy atom. The highest BCUT2D eigenvalue weighted by Gasteiger charge is 2.17. The van der Waals surface area contributed by atoms with Crippen molar-refractivity contribution >= 4 is 17.5 Å². The molecule has 1 heterocycles. The van der Waals surface area contributed by atoms with Gasteiger partial charge >= 0.3 is 0 Å². The van der Waals surface area contributed by atoms with Gasteiger partial charge in [0.05, 0.1) is 12.4 Å². The highest BCUT2D eigenvalue weighted by atomic mass is 35.5. The Balaban J connectivity index is 2.85. The molecule has 15 heavy (non-hydrogen) atoms. The Bertz CT molecular complexity index is 356. The molecule has 0 aliphatic heterocycles. The molecule has 1 unspecified atom stereocenters. The summed E-state index contributed by atoms with van der Waals surface area (Å²) in [5.41, 5.74) is 0.283. The van der Waals surface area contributed by atoms with Crippen molar-refractivity contribution < 1.29 is 4.79 Å². The van der Waals surface area contributed by atoms with E-state index in [1.165, 1.54) is 12.4 Å². The van der Waals surface area contributed by atoms with Gasteiger partial charge in [-0.2, -0.15) is 0 Å². The average Bonchev–Trinajstić information content (AvgIpc) is 2.26. The van der Waals surface area contributed by atoms with Crippen LogP contribution in [0.3, 0.4) is 0 Å². The van der Waals surface area contributed by atoms with Crippen molar-refractivity contribution in [1.82, 2.24) is 14.9 Å². The van der Waals surface area contributed by atoms with E-state index in [-0.39, 0.29) is 22.8 Å². The molecule has 1 rings (SSSR count). The largest absolute Gasteiger partial charge is 0.338 e. The van der Waals surface area contributed by atoms with E-state index in [9.17, 15) is 4.79 Å². The summed E-state index contributed by atoms with van der Waals surface area (Å²) in [6.45, 7) is 4.01. The third-order valence-electron chi connectivity index (χ3n) is 2.40. The highest BCUT2D eigenvalue weighted by molar-refractivity contribution is 6.29. The number of rotatable bonds is 3. The van der Waals surface area contributed by atoms with Gasteiger partial charge in [-0.3, -0.25) is 9.78 Å². The number of halogens is 1. The fraction of sp³-hybridized carbons (Fsp3) is 0.500. The van der Waals surface area contributed by atoms with Crippen LogP contribution in [0.25, 0.3) is 0 Å². The number of nitrogens with zero attached hydrogens (tertiary/aromatic N) is 3. The molecule has 4 nitrogen and oxygen atoms in total. The second-order valence-electron chi connectivity index (χ2n) is 3.40. The van der Waals surface area contributed by atoms with Gasteiger partial charge in [-0.25, -0.2) is 4.98 Å². The zero-order valence-electron chi connectivity index (χ0n) is 9.07. The summed E-state index contributed by atoms with van der Waals surface area (Å²) in [5.74, 6) is -0.153. The lowest BCUT2D eigenvalue weighted by Gasteiger charge is -2.23. The Morgan fingerprint density at radius 1 is 1.60 bits per heavy atom. The topological polar surface area (TPSA) is 46.1 Å². The predicted molar refractivity (Wildman–Crippen MR) is 58.9 cm³/mol. The molecule has 0 saturated carbocycles. The summed E-state index contributed by atoms with van der Waals surface area (Å²) in [5, 5.41) is 0.235. The molecule has 82 valence electrons. The van der Waals surface area contributed by atoms with Gasteiger partial charge in [-0.15, -0.1) is 0 Å². The van der Waals surface area contributed by atoms with Crippen LogP contribution in [0.15, 0.2) is 12.4 Å². The van der Waals surface area contributed by atoms with Gasteiger partial charge in [0.25, 0.3) is 5.91 Å². The molecule has 0 N–H and O–H groups in total. The number of hydrogen-bond acceptors (Lipinski definition) is 3. The zero-order chi connectivity index (χ0) is 11.4. The molecule has 0 aliphatic carbocycles. The van der Waals surface area contributed by atoms with Crippen molar-refractivity contribution in [2.75, 3.05) is 7.05 Å². The van der Waals surface area contributed by atoms with Crippen LogP contribution in [0.5, 0.6) is 0 Å². The molecule has 1 atom stereocenters. The van der Waals surface area contributed by atoms with Crippen molar-refractivity contribution in [2.24, 2.45) is 0 Å². The number of hydrogen-bond donors (Lipinski definition) is 0. The van der Waals surface area contributed by atoms with Crippen LogP contribution in [-0.4, -0.2) is 33.9 Å². The van der Waals surface area contributed by atoms with E-state index in [1.54, 1.807) is 11.9 Å². The first-order valence-corrected chi connectivity index (χ1v) is 5.18. The molecular formula is C10H14ClN3O. The first-order chi connectivity index (χ1) is 7.06. The molecule has 0 bridgehead atoms. The maximum Gasteiger partial charge on any atom is 0.274 e. The van der Waals surface area contributed by atoms with Gasteiger partial charge in [-0.1, -0.05) is 18.5 Å². The maximum atomic E-state index is 11.9. The van der Waals surface area contributed by atoms with Gasteiger partial charge in [0.15, 0.2) is 0 Å². The quantitative estimate of drug-likeness (QED) is 0.794. The molecule has 1 aromatic rings. The summed E-state index contributed by atoms with van der Waals surface area (Å²) >= 11 is 5.66. The smallest absolute Gasteiger partial charge is 0.274 e. The Morgan fingerprint density at radius 3 is 2.80 bits per heavy atom. The minimum atomic E-state index is -0.153. The van der Waals surface area contributed by atoms with Crippen molar-refractivity contribution in [2.45, 2.75) is 26.3 Å². The third kappa shape index (κ3) is 2.89. The van der Waals surface area contributed by atoms with Gasteiger partial charge in [0.1, 0.15) is 10.8 Å². The van der Waals surface area contributed by atoms with E-state index < -0.39 is 0 Å². The lowest BCUT2D eigenvalue weighted by atomic mass is 10.2. The summed E-state index contributed by atoms with van der Waals surface area (Å²) in [6.07, 6.45) is 3.73. The van der Waals surface area contributed by atoms with Crippen LogP contribution in [0.2, 0.25) is 5.15 Å². The molecule has 1 aromatic heterocycles. The molecule has 5 heteroatoms. The lowest BCUT2D eigenvalue weighted by Crippen LogP contribution is -2.35. The standard InChI is InChI=1S/C10H14ClN3O/c1-4-7(2)14(3)10(15)8-5-12-6-9(11)13-8/h5-7H,4H2,1-3H3. The fourth-order valence-electron chi connectivity index (χ4n) is 1.10. The maximum absolute atomic E-state index is 11.9. The van der Waals surface area contributed by atoms with E-state index in [2.05, 4.69) is 9.97 Å². The minimum Gasteiger partial charge on any atom is -0.338 e. The van der Waals surface area contributed by atoms with Gasteiger partial charge in [0.2, 0.25) is 0 Å². The molecule has 0 aliphatic rings. The summed E-state index contributed by atoms with van der Waals surface area (Å²) < 4.78 is 0. The van der Waals surface area contributed by atoms with Crippen molar-refractivity contribution in [1.29, 1.82) is 0 Å². The molecule has 0 saturated heterocycles. The lowest BCUT2D eigenvalue weighted by molar-refractivity contribution is 0.0734. The predicted octanol–water partition coefficient (Wildman–Crippen LogP) is 2.00. The summed E-state index contributed by atoms with van der Waals surface area (Å²) in [6, 6.07) is 0.179. The molecular weight excluding hydrogens is 214 g/mol. The fourth-order valence-corrected chi connectivity index (χ4v) is 1.25. The van der Waals surface area contributed by atoms with Crippen LogP contribution >= 0.6 is 11.6 Å². The Hall–Kier alpha value is -1.16. The summed E-state index contributed by atoms with van der Waals surface area (Å²) in [7, 11) is 1.75. The zero-order valence-corrected chi connectivity index (χ0v) is 9.82. The SMILES string of the molecule is CCC(C)N(C)C(=O)c1cncc(Cl)n1. The van der Waals surface area contributed by atoms with E-state index in [0.29, 0.717) is 0 Å². The van der Waals surface area contributed by atoms with Gasteiger partial charge in [-0.05, 0) is 13.3 Å². The second-order valence-corrected chi connectivity index (χ2v) is 3.79. The molecule has 0 spiro atoms. The van der Waals surface area contributed by atoms with Gasteiger partial charge in [0, 0.05) is 13.1 Å². The van der Waals surface area contributed by atoms with E-state index >= 15 is 0 Å². The van der Waals surface area contributed by atoms with Gasteiger partial charge < -0.3 is 4.90 Å². The molecule has 0 radical (unpaired) electrons. The molecule has 0 aromatic carbocycles. The number of aromatic nitrogens is 2. The average molecular weight is 228 g/mol.